The Morgan fingerprint density at radius 2 is 2.11 bits per heavy atom. The second kappa shape index (κ2) is 6.12. The van der Waals surface area contributed by atoms with E-state index in [1.165, 1.54) is 11.8 Å². The second-order valence-corrected chi connectivity index (χ2v) is 5.36. The lowest BCUT2D eigenvalue weighted by atomic mass is 10.1. The first-order chi connectivity index (χ1) is 9.11. The fourth-order valence-electron chi connectivity index (χ4n) is 1.70. The van der Waals surface area contributed by atoms with Gasteiger partial charge in [0.25, 0.3) is 0 Å². The van der Waals surface area contributed by atoms with Crippen LogP contribution in [0.5, 0.6) is 0 Å². The number of nitrogens with zero attached hydrogens (tertiary/aromatic N) is 2. The summed E-state index contributed by atoms with van der Waals surface area (Å²) >= 11 is 1.50. The normalized spacial score (nSPS) is 12.4. The van der Waals surface area contributed by atoms with Gasteiger partial charge in [0.05, 0.1) is 6.20 Å². The molecule has 1 atom stereocenters. The zero-order chi connectivity index (χ0) is 13.8. The maximum Gasteiger partial charge on any atom is 0.126 e. The number of rotatable bonds is 4. The molecule has 1 unspecified atom stereocenters. The maximum absolute atomic E-state index is 13.7. The molecular formula is C14H16FN3S. The fourth-order valence-corrected chi connectivity index (χ4v) is 2.75. The highest BCUT2D eigenvalue weighted by molar-refractivity contribution is 7.99. The quantitative estimate of drug-likeness (QED) is 0.930. The molecule has 0 aliphatic rings. The zero-order valence-corrected chi connectivity index (χ0v) is 12.0. The topological polar surface area (TPSA) is 37.8 Å². The van der Waals surface area contributed by atoms with Gasteiger partial charge in [0.15, 0.2) is 0 Å². The highest BCUT2D eigenvalue weighted by Crippen LogP contribution is 2.33. The molecule has 1 heterocycles. The third-order valence-electron chi connectivity index (χ3n) is 2.94. The average molecular weight is 277 g/mol. The van der Waals surface area contributed by atoms with Crippen LogP contribution < -0.4 is 5.32 Å². The molecule has 1 aromatic carbocycles. The van der Waals surface area contributed by atoms with Crippen LogP contribution >= 0.6 is 11.8 Å². The first kappa shape index (κ1) is 14.0. The lowest BCUT2D eigenvalue weighted by Crippen LogP contribution is -2.13. The van der Waals surface area contributed by atoms with Gasteiger partial charge in [0.2, 0.25) is 0 Å². The molecular weight excluding hydrogens is 261 g/mol. The zero-order valence-electron chi connectivity index (χ0n) is 11.1. The van der Waals surface area contributed by atoms with Crippen molar-refractivity contribution in [3.05, 3.63) is 47.7 Å². The minimum atomic E-state index is -0.180. The van der Waals surface area contributed by atoms with Gasteiger partial charge in [0.1, 0.15) is 10.8 Å². The van der Waals surface area contributed by atoms with E-state index in [1.807, 2.05) is 20.0 Å². The Bertz CT molecular complexity index is 560. The number of halogens is 1. The SMILES string of the molecule is CNC(C)c1cc(F)c(C)cc1Sc1cnccn1. The van der Waals surface area contributed by atoms with E-state index in [0.717, 1.165) is 15.5 Å². The smallest absolute Gasteiger partial charge is 0.126 e. The van der Waals surface area contributed by atoms with Gasteiger partial charge in [-0.25, -0.2) is 9.37 Å². The summed E-state index contributed by atoms with van der Waals surface area (Å²) in [5, 5.41) is 3.94. The molecule has 0 saturated carbocycles. The van der Waals surface area contributed by atoms with Gasteiger partial charge in [-0.1, -0.05) is 11.8 Å². The number of benzene rings is 1. The highest BCUT2D eigenvalue weighted by Gasteiger charge is 2.14. The Morgan fingerprint density at radius 3 is 2.74 bits per heavy atom. The summed E-state index contributed by atoms with van der Waals surface area (Å²) in [6, 6.07) is 3.53. The molecule has 0 aliphatic carbocycles. The standard InChI is InChI=1S/C14H16FN3S/c1-9-6-13(19-14-8-17-4-5-18-14)11(7-12(9)15)10(2)16-3/h4-8,10,16H,1-3H3. The molecule has 19 heavy (non-hydrogen) atoms. The van der Waals surface area contributed by atoms with Crippen LogP contribution in [-0.2, 0) is 0 Å². The number of aryl methyl sites for hydroxylation is 1. The number of nitrogens with one attached hydrogen (secondary N) is 1. The molecule has 100 valence electrons. The third kappa shape index (κ3) is 3.30. The predicted octanol–water partition coefficient (Wildman–Crippen LogP) is 3.36. The van der Waals surface area contributed by atoms with Gasteiger partial charge in [-0.05, 0) is 44.2 Å². The van der Waals surface area contributed by atoms with E-state index in [4.69, 9.17) is 0 Å². The Hall–Kier alpha value is -1.46. The first-order valence-electron chi connectivity index (χ1n) is 6.03. The van der Waals surface area contributed by atoms with Crippen LogP contribution in [0.2, 0.25) is 0 Å². The fraction of sp³-hybridized carbons (Fsp3) is 0.286. The van der Waals surface area contributed by atoms with Crippen molar-refractivity contribution in [2.45, 2.75) is 29.8 Å². The van der Waals surface area contributed by atoms with E-state index in [9.17, 15) is 4.39 Å². The van der Waals surface area contributed by atoms with E-state index < -0.39 is 0 Å². The Labute approximate surface area is 116 Å². The Morgan fingerprint density at radius 1 is 1.32 bits per heavy atom. The van der Waals surface area contributed by atoms with Crippen molar-refractivity contribution in [3.8, 4) is 0 Å². The summed E-state index contributed by atoms with van der Waals surface area (Å²) in [6.07, 6.45) is 4.99. The van der Waals surface area contributed by atoms with Crippen LogP contribution in [0.25, 0.3) is 0 Å². The van der Waals surface area contributed by atoms with Crippen LogP contribution in [0.3, 0.4) is 0 Å². The van der Waals surface area contributed by atoms with Gasteiger partial charge in [-0.2, -0.15) is 0 Å². The summed E-state index contributed by atoms with van der Waals surface area (Å²) in [4.78, 5) is 9.28. The molecule has 0 radical (unpaired) electrons. The van der Waals surface area contributed by atoms with E-state index in [-0.39, 0.29) is 11.9 Å². The molecule has 0 bridgehead atoms. The molecule has 0 amide bonds. The van der Waals surface area contributed by atoms with Gasteiger partial charge in [0, 0.05) is 23.3 Å². The minimum Gasteiger partial charge on any atom is -0.313 e. The predicted molar refractivity (Wildman–Crippen MR) is 74.8 cm³/mol. The molecule has 5 heteroatoms. The summed E-state index contributed by atoms with van der Waals surface area (Å²) in [5.74, 6) is -0.180. The van der Waals surface area contributed by atoms with Crippen molar-refractivity contribution in [1.82, 2.24) is 15.3 Å². The molecule has 2 aromatic rings. The number of aromatic nitrogens is 2. The van der Waals surface area contributed by atoms with Crippen molar-refractivity contribution in [2.75, 3.05) is 7.05 Å². The van der Waals surface area contributed by atoms with Crippen LogP contribution in [0.1, 0.15) is 24.1 Å². The Balaban J connectivity index is 2.40. The van der Waals surface area contributed by atoms with E-state index in [2.05, 4.69) is 15.3 Å². The molecule has 1 N–H and O–H groups in total. The van der Waals surface area contributed by atoms with Crippen LogP contribution in [0.15, 0.2) is 40.6 Å². The molecule has 3 nitrogen and oxygen atoms in total. The van der Waals surface area contributed by atoms with Gasteiger partial charge >= 0.3 is 0 Å². The Kier molecular flexibility index (Phi) is 4.50. The first-order valence-corrected chi connectivity index (χ1v) is 6.84. The highest BCUT2D eigenvalue weighted by atomic mass is 32.2. The summed E-state index contributed by atoms with van der Waals surface area (Å²) in [7, 11) is 1.86. The molecule has 0 fully saturated rings. The molecule has 0 saturated heterocycles. The monoisotopic (exact) mass is 277 g/mol. The van der Waals surface area contributed by atoms with Crippen LogP contribution in [0.4, 0.5) is 4.39 Å². The van der Waals surface area contributed by atoms with E-state index >= 15 is 0 Å². The largest absolute Gasteiger partial charge is 0.313 e. The molecule has 0 spiro atoms. The van der Waals surface area contributed by atoms with Gasteiger partial charge in [-0.15, -0.1) is 0 Å². The minimum absolute atomic E-state index is 0.0780. The summed E-state index contributed by atoms with van der Waals surface area (Å²) < 4.78 is 13.7. The van der Waals surface area contributed by atoms with Crippen molar-refractivity contribution in [3.63, 3.8) is 0 Å². The summed E-state index contributed by atoms with van der Waals surface area (Å²) in [5.41, 5.74) is 1.57. The van der Waals surface area contributed by atoms with Crippen LogP contribution in [-0.4, -0.2) is 17.0 Å². The number of hydrogen-bond acceptors (Lipinski definition) is 4. The summed E-state index contributed by atoms with van der Waals surface area (Å²) in [6.45, 7) is 3.77. The van der Waals surface area contributed by atoms with Crippen molar-refractivity contribution in [1.29, 1.82) is 0 Å². The van der Waals surface area contributed by atoms with Crippen molar-refractivity contribution >= 4 is 11.8 Å². The average Bonchev–Trinajstić information content (AvgIpc) is 2.43. The van der Waals surface area contributed by atoms with Crippen molar-refractivity contribution < 1.29 is 4.39 Å². The third-order valence-corrected chi connectivity index (χ3v) is 3.94. The molecule has 2 rings (SSSR count). The lowest BCUT2D eigenvalue weighted by molar-refractivity contribution is 0.594. The maximum atomic E-state index is 13.7. The van der Waals surface area contributed by atoms with Gasteiger partial charge < -0.3 is 5.32 Å². The van der Waals surface area contributed by atoms with Crippen molar-refractivity contribution in [2.24, 2.45) is 0 Å². The lowest BCUT2D eigenvalue weighted by Gasteiger charge is -2.16. The van der Waals surface area contributed by atoms with E-state index in [1.54, 1.807) is 31.6 Å². The van der Waals surface area contributed by atoms with Gasteiger partial charge in [-0.3, -0.25) is 4.98 Å². The van der Waals surface area contributed by atoms with Crippen LogP contribution in [0, 0.1) is 12.7 Å². The van der Waals surface area contributed by atoms with E-state index in [0.29, 0.717) is 5.56 Å². The molecule has 0 aliphatic heterocycles. The molecule has 1 aromatic heterocycles. The number of hydrogen-bond donors (Lipinski definition) is 1. The second-order valence-electron chi connectivity index (χ2n) is 4.30.